The monoisotopic (exact) mass is 397 g/mol. The first-order chi connectivity index (χ1) is 13.7. The highest BCUT2D eigenvalue weighted by Crippen LogP contribution is 2.70. The van der Waals surface area contributed by atoms with Crippen LogP contribution >= 0.6 is 0 Å². The summed E-state index contributed by atoms with van der Waals surface area (Å²) < 4.78 is 0. The van der Waals surface area contributed by atoms with Gasteiger partial charge in [0, 0.05) is 5.92 Å². The van der Waals surface area contributed by atoms with E-state index in [2.05, 4.69) is 47.6 Å². The number of nitriles is 1. The van der Waals surface area contributed by atoms with Gasteiger partial charge in [0.05, 0.1) is 6.07 Å². The molecule has 4 saturated carbocycles. The summed E-state index contributed by atoms with van der Waals surface area (Å²) >= 11 is 0. The molecule has 10 atom stereocenters. The zero-order valence-corrected chi connectivity index (χ0v) is 20.2. The summed E-state index contributed by atoms with van der Waals surface area (Å²) in [4.78, 5) is 0. The van der Waals surface area contributed by atoms with Gasteiger partial charge in [-0.3, -0.25) is 0 Å². The number of hydrogen-bond donors (Lipinski definition) is 0. The van der Waals surface area contributed by atoms with Gasteiger partial charge >= 0.3 is 0 Å². The molecule has 0 amide bonds. The third kappa shape index (κ3) is 3.40. The quantitative estimate of drug-likeness (QED) is 0.459. The van der Waals surface area contributed by atoms with Gasteiger partial charge in [0.15, 0.2) is 0 Å². The highest BCUT2D eigenvalue weighted by molar-refractivity contribution is 5.11. The van der Waals surface area contributed by atoms with Gasteiger partial charge in [0.2, 0.25) is 0 Å². The highest BCUT2D eigenvalue weighted by atomic mass is 14.7. The van der Waals surface area contributed by atoms with Crippen molar-refractivity contribution in [2.75, 3.05) is 0 Å². The van der Waals surface area contributed by atoms with Crippen LogP contribution in [0.1, 0.15) is 106 Å². The van der Waals surface area contributed by atoms with Crippen molar-refractivity contribution in [2.24, 2.45) is 64.1 Å². The van der Waals surface area contributed by atoms with Crippen LogP contribution < -0.4 is 0 Å². The number of nitrogens with zero attached hydrogens (tertiary/aromatic N) is 1. The first kappa shape index (κ1) is 21.7. The number of fused-ring (bicyclic) bond motifs is 5. The minimum absolute atomic E-state index is 0.245. The molecule has 0 aliphatic heterocycles. The summed E-state index contributed by atoms with van der Waals surface area (Å²) in [6, 6.07) is 2.77. The summed E-state index contributed by atoms with van der Waals surface area (Å²) in [6.07, 6.45) is 14.5. The van der Waals surface area contributed by atoms with Crippen molar-refractivity contribution in [1.82, 2.24) is 0 Å². The second-order valence-corrected chi connectivity index (χ2v) is 12.8. The molecule has 0 aromatic rings. The van der Waals surface area contributed by atoms with Gasteiger partial charge in [-0.2, -0.15) is 5.26 Å². The Hall–Kier alpha value is -0.510. The highest BCUT2D eigenvalue weighted by Gasteiger charge is 2.61. The molecule has 10 unspecified atom stereocenters. The molecular weight excluding hydrogens is 350 g/mol. The minimum Gasteiger partial charge on any atom is -0.198 e. The summed E-state index contributed by atoms with van der Waals surface area (Å²) in [7, 11) is 0. The number of hydrogen-bond acceptors (Lipinski definition) is 1. The first-order valence-electron chi connectivity index (χ1n) is 13.1. The molecule has 4 fully saturated rings. The normalized spacial score (nSPS) is 47.0. The van der Waals surface area contributed by atoms with E-state index >= 15 is 0 Å². The summed E-state index contributed by atoms with van der Waals surface area (Å²) in [5.74, 6) is 6.84. The average Bonchev–Trinajstić information content (AvgIpc) is 3.18. The molecule has 0 radical (unpaired) electrons. The smallest absolute Gasteiger partial charge is 0.0658 e. The Morgan fingerprint density at radius 3 is 2.28 bits per heavy atom. The Labute approximate surface area is 181 Å². The lowest BCUT2D eigenvalue weighted by Gasteiger charge is -2.51. The number of rotatable bonds is 5. The molecule has 0 spiro atoms. The van der Waals surface area contributed by atoms with Gasteiger partial charge in [-0.15, -0.1) is 0 Å². The van der Waals surface area contributed by atoms with Crippen molar-refractivity contribution >= 4 is 0 Å². The van der Waals surface area contributed by atoms with Crippen molar-refractivity contribution in [3.63, 3.8) is 0 Å². The van der Waals surface area contributed by atoms with E-state index in [-0.39, 0.29) is 5.92 Å². The Morgan fingerprint density at radius 2 is 1.59 bits per heavy atom. The maximum Gasteiger partial charge on any atom is 0.0658 e. The molecule has 1 heteroatoms. The van der Waals surface area contributed by atoms with Crippen molar-refractivity contribution in [3.05, 3.63) is 0 Å². The second kappa shape index (κ2) is 7.88. The lowest BCUT2D eigenvalue weighted by atomic mass is 9.54. The standard InChI is InChI=1S/C28H47N/c1-18(2)19(3)20(4)21(17-29)15-23-10-11-25-24-16-22-9-7-8-13-27(22,5)26(24)12-14-28(23,25)6/h18-26H,7-16H2,1-6H3. The summed E-state index contributed by atoms with van der Waals surface area (Å²) in [6.45, 7) is 14.7. The van der Waals surface area contributed by atoms with Crippen LogP contribution in [0, 0.1) is 75.4 Å². The van der Waals surface area contributed by atoms with E-state index in [9.17, 15) is 5.26 Å². The summed E-state index contributed by atoms with van der Waals surface area (Å²) in [5.41, 5.74) is 1.18. The minimum atomic E-state index is 0.245. The second-order valence-electron chi connectivity index (χ2n) is 12.8. The molecule has 4 aliphatic carbocycles. The fraction of sp³-hybridized carbons (Fsp3) is 0.964. The lowest BCUT2D eigenvalue weighted by molar-refractivity contribution is -0.0181. The maximum absolute atomic E-state index is 10.0. The van der Waals surface area contributed by atoms with Crippen LogP contribution in [0.15, 0.2) is 0 Å². The molecule has 0 bridgehead atoms. The lowest BCUT2D eigenvalue weighted by Crippen LogP contribution is -2.43. The molecular formula is C28H47N. The van der Waals surface area contributed by atoms with Gasteiger partial charge in [-0.05, 0) is 110 Å². The fourth-order valence-corrected chi connectivity index (χ4v) is 9.23. The van der Waals surface area contributed by atoms with Crippen molar-refractivity contribution in [1.29, 1.82) is 5.26 Å². The molecule has 0 N–H and O–H groups in total. The van der Waals surface area contributed by atoms with Gasteiger partial charge < -0.3 is 0 Å². The van der Waals surface area contributed by atoms with Crippen molar-refractivity contribution in [3.8, 4) is 6.07 Å². The van der Waals surface area contributed by atoms with Gasteiger partial charge in [0.1, 0.15) is 0 Å². The van der Waals surface area contributed by atoms with E-state index in [1.807, 2.05) is 0 Å². The zero-order valence-electron chi connectivity index (χ0n) is 20.2. The van der Waals surface area contributed by atoms with Crippen LogP contribution in [-0.2, 0) is 0 Å². The van der Waals surface area contributed by atoms with Crippen LogP contribution in [-0.4, -0.2) is 0 Å². The molecule has 0 aromatic carbocycles. The van der Waals surface area contributed by atoms with E-state index in [1.54, 1.807) is 0 Å². The Morgan fingerprint density at radius 1 is 0.862 bits per heavy atom. The van der Waals surface area contributed by atoms with Crippen LogP contribution in [0.2, 0.25) is 0 Å². The molecule has 29 heavy (non-hydrogen) atoms. The molecule has 0 aromatic heterocycles. The Kier molecular flexibility index (Phi) is 5.90. The van der Waals surface area contributed by atoms with Crippen molar-refractivity contribution in [2.45, 2.75) is 106 Å². The molecule has 4 rings (SSSR count). The van der Waals surface area contributed by atoms with Crippen LogP contribution in [0.25, 0.3) is 0 Å². The largest absolute Gasteiger partial charge is 0.198 e. The topological polar surface area (TPSA) is 23.8 Å². The van der Waals surface area contributed by atoms with E-state index in [0.717, 1.165) is 29.6 Å². The first-order valence-corrected chi connectivity index (χ1v) is 13.1. The van der Waals surface area contributed by atoms with Gasteiger partial charge in [-0.25, -0.2) is 0 Å². The van der Waals surface area contributed by atoms with E-state index in [4.69, 9.17) is 0 Å². The third-order valence-electron chi connectivity index (χ3n) is 11.7. The molecule has 164 valence electrons. The maximum atomic E-state index is 10.0. The molecule has 0 heterocycles. The van der Waals surface area contributed by atoms with Crippen LogP contribution in [0.5, 0.6) is 0 Å². The van der Waals surface area contributed by atoms with E-state index in [0.29, 0.717) is 28.6 Å². The van der Waals surface area contributed by atoms with Crippen molar-refractivity contribution < 1.29 is 0 Å². The Bertz CT molecular complexity index is 631. The predicted octanol–water partition coefficient (Wildman–Crippen LogP) is 8.10. The zero-order chi connectivity index (χ0) is 21.0. The fourth-order valence-electron chi connectivity index (χ4n) is 9.23. The van der Waals surface area contributed by atoms with Crippen LogP contribution in [0.3, 0.4) is 0 Å². The van der Waals surface area contributed by atoms with Gasteiger partial charge in [0.25, 0.3) is 0 Å². The molecule has 0 saturated heterocycles. The average molecular weight is 398 g/mol. The van der Waals surface area contributed by atoms with E-state index in [1.165, 1.54) is 64.2 Å². The Balaban J connectivity index is 1.49. The molecule has 4 aliphatic rings. The third-order valence-corrected chi connectivity index (χ3v) is 11.7. The predicted molar refractivity (Wildman–Crippen MR) is 122 cm³/mol. The van der Waals surface area contributed by atoms with Crippen LogP contribution in [0.4, 0.5) is 0 Å². The SMILES string of the molecule is CC(C)C(C)C(C)C(C#N)CC1CCC2C3CC4CCCCC4(C)C3CCC12C. The summed E-state index contributed by atoms with van der Waals surface area (Å²) in [5, 5.41) is 10.0. The van der Waals surface area contributed by atoms with Gasteiger partial charge in [-0.1, -0.05) is 54.4 Å². The molecule has 1 nitrogen and oxygen atoms in total. The van der Waals surface area contributed by atoms with E-state index < -0.39 is 0 Å².